The van der Waals surface area contributed by atoms with Crippen LogP contribution in [0.5, 0.6) is 0 Å². The Kier molecular flexibility index (Phi) is 6.10. The lowest BCUT2D eigenvalue weighted by Gasteiger charge is -1.80. The molecule has 0 fully saturated rings. The summed E-state index contributed by atoms with van der Waals surface area (Å²) in [5.41, 5.74) is 0. The fourth-order valence-corrected chi connectivity index (χ4v) is 1.20. The summed E-state index contributed by atoms with van der Waals surface area (Å²) in [6.07, 6.45) is 2.94. The van der Waals surface area contributed by atoms with E-state index in [9.17, 15) is 8.42 Å². The molecule has 2 nitrogen and oxygen atoms in total. The first kappa shape index (κ1) is 12.1. The van der Waals surface area contributed by atoms with Crippen LogP contribution in [0.2, 0.25) is 0 Å². The van der Waals surface area contributed by atoms with Gasteiger partial charge in [0.25, 0.3) is 9.84 Å². The van der Waals surface area contributed by atoms with Crippen LogP contribution in [0.25, 0.3) is 0 Å². The highest BCUT2D eigenvalue weighted by Crippen LogP contribution is 1.88. The van der Waals surface area contributed by atoms with Crippen molar-refractivity contribution in [2.45, 2.75) is 39.5 Å². The third-order valence-corrected chi connectivity index (χ3v) is 1.99. The molecule has 0 saturated carbocycles. The summed E-state index contributed by atoms with van der Waals surface area (Å²) in [7, 11) is -3.45. The van der Waals surface area contributed by atoms with Gasteiger partial charge in [0.15, 0.2) is 0 Å². The zero-order valence-corrected chi connectivity index (χ0v) is 8.87. The molecule has 0 aliphatic rings. The Labute approximate surface area is 80.6 Å². The Morgan fingerprint density at radius 3 is 1.62 bits per heavy atom. The maximum atomic E-state index is 11.0. The molecule has 0 rings (SSSR count). The van der Waals surface area contributed by atoms with Gasteiger partial charge in [-0.3, -0.25) is 0 Å². The highest BCUT2D eigenvalue weighted by molar-refractivity contribution is 8.00. The van der Waals surface area contributed by atoms with E-state index < -0.39 is 9.84 Å². The molecule has 0 aromatic carbocycles. The van der Waals surface area contributed by atoms with Gasteiger partial charge in [0.05, 0.1) is 0 Å². The van der Waals surface area contributed by atoms with Gasteiger partial charge in [-0.2, -0.15) is 0 Å². The first-order valence-electron chi connectivity index (χ1n) is 4.36. The van der Waals surface area contributed by atoms with Crippen LogP contribution in [-0.4, -0.2) is 8.42 Å². The lowest BCUT2D eigenvalue weighted by atomic mass is 10.4. The van der Waals surface area contributed by atoms with Crippen LogP contribution >= 0.6 is 0 Å². The third-order valence-electron chi connectivity index (χ3n) is 1.16. The summed E-state index contributed by atoms with van der Waals surface area (Å²) in [4.78, 5) is 0. The van der Waals surface area contributed by atoms with Gasteiger partial charge in [0.2, 0.25) is 0 Å². The average Bonchev–Trinajstić information content (AvgIpc) is 2.05. The number of hydrogen-bond acceptors (Lipinski definition) is 2. The molecule has 0 spiro atoms. The summed E-state index contributed by atoms with van der Waals surface area (Å²) in [5, 5.41) is 4.33. The Morgan fingerprint density at radius 1 is 0.923 bits per heavy atom. The highest BCUT2D eigenvalue weighted by Gasteiger charge is 1.96. The van der Waals surface area contributed by atoms with Crippen molar-refractivity contribution in [2.24, 2.45) is 0 Å². The molecule has 0 heterocycles. The summed E-state index contributed by atoms with van der Waals surface area (Å²) in [6.45, 7) is 3.90. The van der Waals surface area contributed by atoms with Gasteiger partial charge in [-0.15, -0.1) is 0 Å². The summed E-state index contributed by atoms with van der Waals surface area (Å²) in [6, 6.07) is 0. The van der Waals surface area contributed by atoms with Crippen LogP contribution < -0.4 is 0 Å². The second kappa shape index (κ2) is 6.57. The molecule has 72 valence electrons. The van der Waals surface area contributed by atoms with E-state index in [2.05, 4.69) is 22.3 Å². The molecule has 0 aliphatic heterocycles. The van der Waals surface area contributed by atoms with Crippen molar-refractivity contribution in [1.29, 1.82) is 0 Å². The fourth-order valence-electron chi connectivity index (χ4n) is 0.568. The van der Waals surface area contributed by atoms with Crippen LogP contribution in [0.3, 0.4) is 0 Å². The van der Waals surface area contributed by atoms with Gasteiger partial charge >= 0.3 is 0 Å². The predicted molar refractivity (Wildman–Crippen MR) is 54.3 cm³/mol. The topological polar surface area (TPSA) is 34.1 Å². The van der Waals surface area contributed by atoms with Crippen molar-refractivity contribution < 1.29 is 8.42 Å². The zero-order valence-electron chi connectivity index (χ0n) is 8.05. The molecule has 0 N–H and O–H groups in total. The number of rotatable bonds is 2. The maximum Gasteiger partial charge on any atom is 0.284 e. The van der Waals surface area contributed by atoms with Gasteiger partial charge in [0.1, 0.15) is 0 Å². The first-order valence-corrected chi connectivity index (χ1v) is 5.85. The van der Waals surface area contributed by atoms with Crippen LogP contribution in [0.4, 0.5) is 0 Å². The van der Waals surface area contributed by atoms with E-state index in [1.165, 1.54) is 0 Å². The quantitative estimate of drug-likeness (QED) is 0.502. The molecule has 0 atom stereocenters. The minimum absolute atomic E-state index is 0.606. The van der Waals surface area contributed by atoms with Crippen molar-refractivity contribution in [2.75, 3.05) is 0 Å². The van der Waals surface area contributed by atoms with Crippen molar-refractivity contribution in [3.05, 3.63) is 0 Å². The summed E-state index contributed by atoms with van der Waals surface area (Å²) >= 11 is 0. The van der Waals surface area contributed by atoms with Crippen molar-refractivity contribution >= 4 is 9.84 Å². The Bertz CT molecular complexity index is 314. The van der Waals surface area contributed by atoms with E-state index in [-0.39, 0.29) is 0 Å². The largest absolute Gasteiger partial charge is 0.284 e. The van der Waals surface area contributed by atoms with Gasteiger partial charge < -0.3 is 0 Å². The number of sulfone groups is 1. The van der Waals surface area contributed by atoms with Gasteiger partial charge in [-0.1, -0.05) is 25.7 Å². The molecular weight excluding hydrogens is 184 g/mol. The molecule has 0 unspecified atom stereocenters. The van der Waals surface area contributed by atoms with Gasteiger partial charge in [-0.25, -0.2) is 8.42 Å². The van der Waals surface area contributed by atoms with Gasteiger partial charge in [-0.05, 0) is 12.8 Å². The standard InChI is InChI=1S/C10H14O2S/c1-3-5-7-9-13(11,12)10-8-6-4-2/h3-6H2,1-2H3. The molecule has 0 amide bonds. The fraction of sp³-hybridized carbons (Fsp3) is 0.600. The molecule has 13 heavy (non-hydrogen) atoms. The van der Waals surface area contributed by atoms with E-state index in [0.717, 1.165) is 12.8 Å². The molecule has 0 aromatic heterocycles. The van der Waals surface area contributed by atoms with E-state index in [4.69, 9.17) is 0 Å². The Morgan fingerprint density at radius 2 is 1.31 bits per heavy atom. The molecule has 0 aromatic rings. The number of hydrogen-bond donors (Lipinski definition) is 0. The van der Waals surface area contributed by atoms with Crippen LogP contribution in [-0.2, 0) is 9.84 Å². The minimum Gasteiger partial charge on any atom is -0.202 e. The average molecular weight is 198 g/mol. The van der Waals surface area contributed by atoms with Crippen LogP contribution in [0, 0.1) is 22.3 Å². The molecule has 0 radical (unpaired) electrons. The van der Waals surface area contributed by atoms with Crippen molar-refractivity contribution in [1.82, 2.24) is 0 Å². The molecule has 0 aliphatic carbocycles. The van der Waals surface area contributed by atoms with Gasteiger partial charge in [0, 0.05) is 23.3 Å². The van der Waals surface area contributed by atoms with E-state index in [1.807, 2.05) is 13.8 Å². The highest BCUT2D eigenvalue weighted by atomic mass is 32.2. The van der Waals surface area contributed by atoms with E-state index in [0.29, 0.717) is 12.8 Å². The maximum absolute atomic E-state index is 11.0. The lowest BCUT2D eigenvalue weighted by Crippen LogP contribution is -1.89. The van der Waals surface area contributed by atoms with Crippen molar-refractivity contribution in [3.8, 4) is 22.3 Å². The lowest BCUT2D eigenvalue weighted by molar-refractivity contribution is 0.615. The van der Waals surface area contributed by atoms with E-state index in [1.54, 1.807) is 0 Å². The van der Waals surface area contributed by atoms with Crippen LogP contribution in [0.15, 0.2) is 0 Å². The monoisotopic (exact) mass is 198 g/mol. The minimum atomic E-state index is -3.45. The smallest absolute Gasteiger partial charge is 0.202 e. The summed E-state index contributed by atoms with van der Waals surface area (Å²) in [5.74, 6) is 5.12. The molecule has 0 saturated heterocycles. The summed E-state index contributed by atoms with van der Waals surface area (Å²) < 4.78 is 22.1. The third kappa shape index (κ3) is 7.43. The first-order chi connectivity index (χ1) is 6.12. The van der Waals surface area contributed by atoms with Crippen molar-refractivity contribution in [3.63, 3.8) is 0 Å². The molecular formula is C10H14O2S. The molecule has 0 bridgehead atoms. The zero-order chi connectivity index (χ0) is 10.2. The Balaban J connectivity index is 4.30. The predicted octanol–water partition coefficient (Wildman–Crippen LogP) is 1.92. The Hall–Kier alpha value is -0.930. The van der Waals surface area contributed by atoms with E-state index >= 15 is 0 Å². The molecule has 3 heteroatoms. The van der Waals surface area contributed by atoms with Crippen LogP contribution in [0.1, 0.15) is 39.5 Å². The second-order valence-corrected chi connectivity index (χ2v) is 3.98. The second-order valence-electron chi connectivity index (χ2n) is 2.56. The number of unbranched alkanes of at least 4 members (excludes halogenated alkanes) is 2. The SMILES string of the molecule is CCCC#CS(=O)(=O)C#CCCC. The normalized spacial score (nSPS) is 9.38.